The Kier molecular flexibility index (Phi) is 5.33. The van der Waals surface area contributed by atoms with Crippen LogP contribution in [-0.2, 0) is 4.74 Å². The molecule has 0 aliphatic carbocycles. The summed E-state index contributed by atoms with van der Waals surface area (Å²) in [6.07, 6.45) is 1.68. The first-order chi connectivity index (χ1) is 11.6. The fourth-order valence-corrected chi connectivity index (χ4v) is 3.18. The van der Waals surface area contributed by atoms with E-state index >= 15 is 0 Å². The molecule has 1 aliphatic heterocycles. The van der Waals surface area contributed by atoms with Crippen LogP contribution in [0.4, 0.5) is 0 Å². The van der Waals surface area contributed by atoms with Crippen molar-refractivity contribution in [2.24, 2.45) is 0 Å². The molecule has 1 amide bonds. The largest absolute Gasteiger partial charge is 0.468 e. The van der Waals surface area contributed by atoms with Gasteiger partial charge < -0.3 is 14.5 Å². The van der Waals surface area contributed by atoms with Gasteiger partial charge in [0.25, 0.3) is 5.91 Å². The summed E-state index contributed by atoms with van der Waals surface area (Å²) in [5, 5.41) is 3.06. The highest BCUT2D eigenvalue weighted by molar-refractivity contribution is 5.94. The highest BCUT2D eigenvalue weighted by Gasteiger charge is 2.25. The van der Waals surface area contributed by atoms with E-state index in [9.17, 15) is 4.79 Å². The van der Waals surface area contributed by atoms with E-state index in [0.717, 1.165) is 30.0 Å². The first kappa shape index (κ1) is 16.7. The SMILES string of the molecule is Cc1cc(C)cc(C(=O)NCC(c2ccco2)N2CCOCC2)c1. The van der Waals surface area contributed by atoms with Crippen LogP contribution < -0.4 is 5.32 Å². The lowest BCUT2D eigenvalue weighted by molar-refractivity contribution is 0.0118. The molecule has 0 bridgehead atoms. The Morgan fingerprint density at radius 3 is 2.54 bits per heavy atom. The van der Waals surface area contributed by atoms with Crippen LogP contribution in [0.5, 0.6) is 0 Å². The smallest absolute Gasteiger partial charge is 0.251 e. The van der Waals surface area contributed by atoms with Crippen LogP contribution in [-0.4, -0.2) is 43.7 Å². The number of rotatable bonds is 5. The molecule has 1 N–H and O–H groups in total. The third-order valence-corrected chi connectivity index (χ3v) is 4.30. The van der Waals surface area contributed by atoms with Crippen molar-refractivity contribution in [3.8, 4) is 0 Å². The van der Waals surface area contributed by atoms with Gasteiger partial charge in [-0.15, -0.1) is 0 Å². The maximum Gasteiger partial charge on any atom is 0.251 e. The van der Waals surface area contributed by atoms with Crippen molar-refractivity contribution in [2.75, 3.05) is 32.8 Å². The van der Waals surface area contributed by atoms with Gasteiger partial charge in [-0.3, -0.25) is 9.69 Å². The van der Waals surface area contributed by atoms with E-state index in [1.54, 1.807) is 6.26 Å². The van der Waals surface area contributed by atoms with Crippen molar-refractivity contribution in [2.45, 2.75) is 19.9 Å². The molecule has 2 aromatic rings. The predicted molar refractivity (Wildman–Crippen MR) is 92.1 cm³/mol. The number of hydrogen-bond acceptors (Lipinski definition) is 4. The summed E-state index contributed by atoms with van der Waals surface area (Å²) in [7, 11) is 0. The number of benzene rings is 1. The Hall–Kier alpha value is -2.11. The number of nitrogens with zero attached hydrogens (tertiary/aromatic N) is 1. The number of carbonyl (C=O) groups excluding carboxylic acids is 1. The Morgan fingerprint density at radius 2 is 1.92 bits per heavy atom. The summed E-state index contributed by atoms with van der Waals surface area (Å²) in [5.41, 5.74) is 2.89. The van der Waals surface area contributed by atoms with E-state index in [-0.39, 0.29) is 11.9 Å². The van der Waals surface area contributed by atoms with E-state index in [1.807, 2.05) is 38.1 Å². The van der Waals surface area contributed by atoms with Gasteiger partial charge in [0.2, 0.25) is 0 Å². The zero-order valence-corrected chi connectivity index (χ0v) is 14.2. The number of aryl methyl sites for hydroxylation is 2. The quantitative estimate of drug-likeness (QED) is 0.917. The fourth-order valence-electron chi connectivity index (χ4n) is 3.18. The van der Waals surface area contributed by atoms with Crippen LogP contribution in [0.1, 0.15) is 33.3 Å². The molecule has 1 aromatic carbocycles. The normalized spacial score (nSPS) is 16.8. The lowest BCUT2D eigenvalue weighted by Crippen LogP contribution is -2.43. The molecule has 3 rings (SSSR count). The topological polar surface area (TPSA) is 54.7 Å². The second kappa shape index (κ2) is 7.64. The van der Waals surface area contributed by atoms with Crippen molar-refractivity contribution in [3.05, 3.63) is 59.0 Å². The maximum absolute atomic E-state index is 12.5. The first-order valence-corrected chi connectivity index (χ1v) is 8.35. The zero-order valence-electron chi connectivity index (χ0n) is 14.2. The predicted octanol–water partition coefficient (Wildman–Crippen LogP) is 2.70. The van der Waals surface area contributed by atoms with E-state index in [2.05, 4.69) is 16.3 Å². The number of hydrogen-bond donors (Lipinski definition) is 1. The van der Waals surface area contributed by atoms with Crippen LogP contribution in [0.25, 0.3) is 0 Å². The Labute approximate surface area is 142 Å². The molecule has 0 spiro atoms. The van der Waals surface area contributed by atoms with Gasteiger partial charge in [-0.1, -0.05) is 17.2 Å². The van der Waals surface area contributed by atoms with Gasteiger partial charge in [0, 0.05) is 25.2 Å². The summed E-state index contributed by atoms with van der Waals surface area (Å²) in [6, 6.07) is 9.77. The third kappa shape index (κ3) is 4.04. The van der Waals surface area contributed by atoms with Crippen LogP contribution in [0.3, 0.4) is 0 Å². The monoisotopic (exact) mass is 328 g/mol. The van der Waals surface area contributed by atoms with Crippen LogP contribution in [0.15, 0.2) is 41.0 Å². The van der Waals surface area contributed by atoms with Crippen molar-refractivity contribution in [1.29, 1.82) is 0 Å². The molecule has 1 unspecified atom stereocenters. The molecule has 5 nitrogen and oxygen atoms in total. The standard InChI is InChI=1S/C19H24N2O3/c1-14-10-15(2)12-16(11-14)19(22)20-13-17(18-4-3-7-24-18)21-5-8-23-9-6-21/h3-4,7,10-12,17H,5-6,8-9,13H2,1-2H3,(H,20,22). The number of nitrogens with one attached hydrogen (secondary N) is 1. The summed E-state index contributed by atoms with van der Waals surface area (Å²) < 4.78 is 11.0. The summed E-state index contributed by atoms with van der Waals surface area (Å²) in [6.45, 7) is 7.62. The summed E-state index contributed by atoms with van der Waals surface area (Å²) in [5.74, 6) is 0.823. The van der Waals surface area contributed by atoms with Gasteiger partial charge >= 0.3 is 0 Å². The first-order valence-electron chi connectivity index (χ1n) is 8.35. The van der Waals surface area contributed by atoms with Gasteiger partial charge in [-0.2, -0.15) is 0 Å². The van der Waals surface area contributed by atoms with Crippen molar-refractivity contribution in [3.63, 3.8) is 0 Å². The molecule has 1 saturated heterocycles. The van der Waals surface area contributed by atoms with E-state index in [1.165, 1.54) is 0 Å². The zero-order chi connectivity index (χ0) is 16.9. The molecule has 1 aromatic heterocycles. The molecule has 1 aliphatic rings. The summed E-state index contributed by atoms with van der Waals surface area (Å²) in [4.78, 5) is 14.8. The summed E-state index contributed by atoms with van der Waals surface area (Å²) >= 11 is 0. The lowest BCUT2D eigenvalue weighted by Gasteiger charge is -2.33. The second-order valence-corrected chi connectivity index (χ2v) is 6.27. The molecule has 0 saturated carbocycles. The Morgan fingerprint density at radius 1 is 1.21 bits per heavy atom. The molecule has 5 heteroatoms. The number of amides is 1. The molecular weight excluding hydrogens is 304 g/mol. The molecule has 24 heavy (non-hydrogen) atoms. The van der Waals surface area contributed by atoms with Crippen LogP contribution >= 0.6 is 0 Å². The van der Waals surface area contributed by atoms with Gasteiger partial charge in [-0.25, -0.2) is 0 Å². The van der Waals surface area contributed by atoms with Crippen molar-refractivity contribution < 1.29 is 13.9 Å². The van der Waals surface area contributed by atoms with Crippen molar-refractivity contribution in [1.82, 2.24) is 10.2 Å². The van der Waals surface area contributed by atoms with Gasteiger partial charge in [-0.05, 0) is 38.1 Å². The minimum absolute atomic E-state index is 0.0266. The van der Waals surface area contributed by atoms with Crippen molar-refractivity contribution >= 4 is 5.91 Å². The van der Waals surface area contributed by atoms with Crippen LogP contribution in [0, 0.1) is 13.8 Å². The maximum atomic E-state index is 12.5. The number of furan rings is 1. The minimum Gasteiger partial charge on any atom is -0.468 e. The minimum atomic E-state index is -0.0494. The number of carbonyl (C=O) groups is 1. The lowest BCUT2D eigenvalue weighted by atomic mass is 10.1. The Bertz CT molecular complexity index is 656. The average molecular weight is 328 g/mol. The molecule has 2 heterocycles. The fraction of sp³-hybridized carbons (Fsp3) is 0.421. The Balaban J connectivity index is 1.69. The average Bonchev–Trinajstić information content (AvgIpc) is 3.09. The highest BCUT2D eigenvalue weighted by Crippen LogP contribution is 2.22. The third-order valence-electron chi connectivity index (χ3n) is 4.30. The van der Waals surface area contributed by atoms with Gasteiger partial charge in [0.05, 0.1) is 25.5 Å². The van der Waals surface area contributed by atoms with Gasteiger partial charge in [0.1, 0.15) is 5.76 Å². The van der Waals surface area contributed by atoms with E-state index in [4.69, 9.17) is 9.15 Å². The molecule has 1 atom stereocenters. The van der Waals surface area contributed by atoms with E-state index < -0.39 is 0 Å². The molecule has 1 fully saturated rings. The molecular formula is C19H24N2O3. The van der Waals surface area contributed by atoms with Crippen LogP contribution in [0.2, 0.25) is 0 Å². The number of morpholine rings is 1. The molecule has 0 radical (unpaired) electrons. The second-order valence-electron chi connectivity index (χ2n) is 6.27. The van der Waals surface area contributed by atoms with E-state index in [0.29, 0.717) is 25.3 Å². The highest BCUT2D eigenvalue weighted by atomic mass is 16.5. The number of ether oxygens (including phenoxy) is 1. The van der Waals surface area contributed by atoms with Gasteiger partial charge in [0.15, 0.2) is 0 Å². The molecule has 128 valence electrons.